The zero-order valence-electron chi connectivity index (χ0n) is 18.7. The van der Waals surface area contributed by atoms with E-state index in [1.54, 1.807) is 23.7 Å². The Hall–Kier alpha value is 1.29. The molecule has 0 nitrogen and oxygen atoms in total. The topological polar surface area (TPSA) is 0 Å². The monoisotopic (exact) mass is 464 g/mol. The van der Waals surface area contributed by atoms with E-state index in [1.165, 1.54) is 25.7 Å². The van der Waals surface area contributed by atoms with Gasteiger partial charge in [0.1, 0.15) is 0 Å². The Morgan fingerprint density at radius 1 is 0.690 bits per heavy atom. The number of hydrogen-bond donors (Lipinski definition) is 0. The number of fused-ring (bicyclic) bond motifs is 10. The van der Waals surface area contributed by atoms with E-state index in [0.29, 0.717) is 21.7 Å². The summed E-state index contributed by atoms with van der Waals surface area (Å²) >= 11 is -0.556. The van der Waals surface area contributed by atoms with Crippen molar-refractivity contribution >= 4 is 18.6 Å². The van der Waals surface area contributed by atoms with Gasteiger partial charge in [0.25, 0.3) is 0 Å². The van der Waals surface area contributed by atoms with Crippen LogP contribution in [0.5, 0.6) is 0 Å². The Kier molecular flexibility index (Phi) is 6.43. The van der Waals surface area contributed by atoms with Crippen molar-refractivity contribution in [1.82, 2.24) is 0 Å². The van der Waals surface area contributed by atoms with Gasteiger partial charge < -0.3 is 0 Å². The molecule has 156 valence electrons. The third-order valence-electron chi connectivity index (χ3n) is 10.1. The van der Waals surface area contributed by atoms with Crippen molar-refractivity contribution in [3.63, 3.8) is 0 Å². The van der Waals surface area contributed by atoms with Gasteiger partial charge in [0.2, 0.25) is 0 Å². The van der Waals surface area contributed by atoms with Gasteiger partial charge in [-0.3, -0.25) is 0 Å². The van der Waals surface area contributed by atoms with Crippen LogP contribution >= 0.6 is 18.6 Å². The van der Waals surface area contributed by atoms with Crippen molar-refractivity contribution in [1.29, 1.82) is 0 Å². The van der Waals surface area contributed by atoms with Gasteiger partial charge in [-0.05, 0) is 121 Å². The first kappa shape index (κ1) is 23.5. The number of rotatable bonds is 0. The molecule has 0 N–H and O–H groups in total. The molecule has 0 aliphatic heterocycles. The minimum atomic E-state index is -0.556. The fourth-order valence-corrected chi connectivity index (χ4v) is 7.53. The SMILES string of the molecule is CC12CCC([C]3[CH][CH][CH][C]31)C2(C)C.CC12CCC([C]3[CH][CH][CH][C]31)C2(C)C.[Cl][Ti][Cl]. The zero-order valence-corrected chi connectivity index (χ0v) is 21.8. The van der Waals surface area contributed by atoms with E-state index in [0.717, 1.165) is 11.8 Å². The normalized spacial score (nSPS) is 44.1. The molecule has 6 fully saturated rings. The molecule has 0 amide bonds. The molecular formula is C26H34Cl2Ti. The maximum atomic E-state index is 4.89. The second-order valence-electron chi connectivity index (χ2n) is 11.2. The second kappa shape index (κ2) is 7.96. The summed E-state index contributed by atoms with van der Waals surface area (Å²) < 4.78 is 0. The molecule has 4 bridgehead atoms. The van der Waals surface area contributed by atoms with Crippen LogP contribution in [0.1, 0.15) is 67.2 Å². The second-order valence-corrected chi connectivity index (χ2v) is 13.7. The Labute approximate surface area is 197 Å². The van der Waals surface area contributed by atoms with Gasteiger partial charge >= 0.3 is 35.6 Å². The van der Waals surface area contributed by atoms with Crippen molar-refractivity contribution in [2.75, 3.05) is 0 Å². The van der Waals surface area contributed by atoms with Crippen molar-refractivity contribution in [3.05, 3.63) is 62.2 Å². The van der Waals surface area contributed by atoms with Gasteiger partial charge in [-0.2, -0.15) is 0 Å². The van der Waals surface area contributed by atoms with Crippen LogP contribution in [0.25, 0.3) is 0 Å². The molecule has 0 saturated heterocycles. The first-order chi connectivity index (χ1) is 13.6. The first-order valence-electron chi connectivity index (χ1n) is 11.0. The predicted octanol–water partition coefficient (Wildman–Crippen LogP) is 7.81. The van der Waals surface area contributed by atoms with Crippen molar-refractivity contribution in [3.8, 4) is 0 Å². The summed E-state index contributed by atoms with van der Waals surface area (Å²) in [5.74, 6) is 8.27. The quantitative estimate of drug-likeness (QED) is 0.320. The molecule has 0 heterocycles. The van der Waals surface area contributed by atoms with E-state index in [1.807, 2.05) is 0 Å². The molecule has 6 saturated carbocycles. The van der Waals surface area contributed by atoms with Gasteiger partial charge in [0, 0.05) is 0 Å². The average Bonchev–Trinajstić information content (AvgIpc) is 3.43. The summed E-state index contributed by atoms with van der Waals surface area (Å²) in [6.07, 6.45) is 19.4. The number of hydrogen-bond acceptors (Lipinski definition) is 0. The van der Waals surface area contributed by atoms with Gasteiger partial charge in [0.15, 0.2) is 0 Å². The van der Waals surface area contributed by atoms with Gasteiger partial charge in [-0.15, -0.1) is 0 Å². The van der Waals surface area contributed by atoms with Crippen LogP contribution in [0.2, 0.25) is 0 Å². The van der Waals surface area contributed by atoms with Gasteiger partial charge in [-0.1, -0.05) is 41.5 Å². The maximum absolute atomic E-state index is 4.89. The van der Waals surface area contributed by atoms with E-state index in [4.69, 9.17) is 18.6 Å². The average molecular weight is 465 g/mol. The molecule has 4 unspecified atom stereocenters. The van der Waals surface area contributed by atoms with Crippen molar-refractivity contribution < 1.29 is 17.0 Å². The molecule has 6 aliphatic carbocycles. The van der Waals surface area contributed by atoms with Crippen LogP contribution in [-0.2, 0) is 17.0 Å². The summed E-state index contributed by atoms with van der Waals surface area (Å²) in [5.41, 5.74) is 1.94. The van der Waals surface area contributed by atoms with Crippen LogP contribution in [0.4, 0.5) is 0 Å². The van der Waals surface area contributed by atoms with Crippen LogP contribution in [0.15, 0.2) is 0 Å². The fraction of sp³-hybridized carbons (Fsp3) is 0.615. The third kappa shape index (κ3) is 3.15. The minimum absolute atomic E-state index is 0.469. The molecule has 4 atom stereocenters. The third-order valence-corrected chi connectivity index (χ3v) is 10.1. The van der Waals surface area contributed by atoms with Crippen molar-refractivity contribution in [2.24, 2.45) is 33.5 Å². The van der Waals surface area contributed by atoms with Crippen LogP contribution in [-0.4, -0.2) is 0 Å². The summed E-state index contributed by atoms with van der Waals surface area (Å²) in [4.78, 5) is 0. The molecule has 0 aromatic rings. The van der Waals surface area contributed by atoms with Gasteiger partial charge in [-0.25, -0.2) is 0 Å². The van der Waals surface area contributed by atoms with E-state index in [-0.39, 0.29) is 0 Å². The summed E-state index contributed by atoms with van der Waals surface area (Å²) in [7, 11) is 9.78. The van der Waals surface area contributed by atoms with Crippen LogP contribution < -0.4 is 0 Å². The van der Waals surface area contributed by atoms with Crippen LogP contribution in [0, 0.1) is 95.7 Å². The Bertz CT molecular complexity index is 560. The van der Waals surface area contributed by atoms with E-state index < -0.39 is 17.0 Å². The van der Waals surface area contributed by atoms with Gasteiger partial charge in [0.05, 0.1) is 0 Å². The molecule has 0 aromatic heterocycles. The van der Waals surface area contributed by atoms with E-state index in [2.05, 4.69) is 80.1 Å². The van der Waals surface area contributed by atoms with Crippen LogP contribution in [0.3, 0.4) is 0 Å². The fourth-order valence-electron chi connectivity index (χ4n) is 7.53. The van der Waals surface area contributed by atoms with Crippen molar-refractivity contribution in [2.45, 2.75) is 67.2 Å². The first-order valence-corrected chi connectivity index (χ1v) is 15.3. The molecule has 10 radical (unpaired) electrons. The Balaban J connectivity index is 0.000000125. The predicted molar refractivity (Wildman–Crippen MR) is 120 cm³/mol. The molecule has 0 aromatic carbocycles. The standard InChI is InChI=1S/2C13H17.2ClH.Ti/c2*1-12(2)10-7-8-13(12,3)11-6-4-5-9(10)11;;;/h2*4-6,10H,7-8H2,1-3H3;2*1H;/q;;;;+2/p-2. The summed E-state index contributed by atoms with van der Waals surface area (Å²) in [5, 5.41) is 0. The molecule has 0 spiro atoms. The summed E-state index contributed by atoms with van der Waals surface area (Å²) in [6.45, 7) is 14.7. The zero-order chi connectivity index (χ0) is 21.2. The summed E-state index contributed by atoms with van der Waals surface area (Å²) in [6, 6.07) is 0. The Morgan fingerprint density at radius 2 is 1.03 bits per heavy atom. The van der Waals surface area contributed by atoms with E-state index in [9.17, 15) is 0 Å². The number of halogens is 2. The molecule has 6 aliphatic rings. The molecular weight excluding hydrogens is 431 g/mol. The van der Waals surface area contributed by atoms with E-state index >= 15 is 0 Å². The molecule has 3 heteroatoms. The Morgan fingerprint density at radius 3 is 1.34 bits per heavy atom. The molecule has 6 rings (SSSR count). The molecule has 29 heavy (non-hydrogen) atoms.